The molecule has 5 heteroatoms. The van der Waals surface area contributed by atoms with Gasteiger partial charge in [0.15, 0.2) is 5.82 Å². The highest BCUT2D eigenvalue weighted by Gasteiger charge is 2.18. The minimum Gasteiger partial charge on any atom is -0.329 e. The third-order valence-electron chi connectivity index (χ3n) is 4.00. The smallest absolute Gasteiger partial charge is 0.186 e. The first kappa shape index (κ1) is 13.3. The van der Waals surface area contributed by atoms with Crippen molar-refractivity contribution in [2.45, 2.75) is 39.7 Å². The molecule has 1 fully saturated rings. The Kier molecular flexibility index (Phi) is 3.74. The molecule has 1 N–H and O–H groups in total. The predicted octanol–water partition coefficient (Wildman–Crippen LogP) is 2.53. The number of hydrogen-bond donors (Lipinski definition) is 1. The lowest BCUT2D eigenvalue weighted by atomic mass is 10.1. The first-order valence-electron chi connectivity index (χ1n) is 6.91. The molecule has 0 amide bonds. The van der Waals surface area contributed by atoms with E-state index >= 15 is 0 Å². The lowest BCUT2D eigenvalue weighted by Crippen LogP contribution is -3.11. The lowest BCUT2D eigenvalue weighted by Gasteiger charge is -2.22. The maximum absolute atomic E-state index is 6.34. The Morgan fingerprint density at radius 3 is 2.63 bits per heavy atom. The van der Waals surface area contributed by atoms with Gasteiger partial charge in [0.25, 0.3) is 0 Å². The summed E-state index contributed by atoms with van der Waals surface area (Å²) < 4.78 is 0. The number of piperidine rings is 1. The van der Waals surface area contributed by atoms with Crippen LogP contribution in [0.15, 0.2) is 0 Å². The molecular weight excluding hydrogens is 278 g/mol. The van der Waals surface area contributed by atoms with Crippen LogP contribution in [0.3, 0.4) is 0 Å². The fourth-order valence-electron chi connectivity index (χ4n) is 2.77. The molecule has 0 unspecified atom stereocenters. The number of nitrogens with zero attached hydrogens (tertiary/aromatic N) is 2. The number of likely N-dealkylation sites (tertiary alicyclic amines) is 1. The molecule has 3 nitrogen and oxygen atoms in total. The number of quaternary nitrogens is 1. The quantitative estimate of drug-likeness (QED) is 0.863. The van der Waals surface area contributed by atoms with Crippen LogP contribution in [0.4, 0.5) is 0 Å². The fourth-order valence-corrected chi connectivity index (χ4v) is 4.21. The van der Waals surface area contributed by atoms with Crippen LogP contribution in [-0.4, -0.2) is 23.1 Å². The van der Waals surface area contributed by atoms with Crippen molar-refractivity contribution in [3.05, 3.63) is 21.4 Å². The van der Waals surface area contributed by atoms with Crippen LogP contribution in [0.1, 0.15) is 35.5 Å². The number of fused-ring (bicyclic) bond motifs is 1. The Balaban J connectivity index is 1.92. The second-order valence-corrected chi connectivity index (χ2v) is 6.94. The number of nitrogens with one attached hydrogen (secondary N) is 1. The average Bonchev–Trinajstić information content (AvgIpc) is 2.66. The van der Waals surface area contributed by atoms with Crippen molar-refractivity contribution in [3.63, 3.8) is 0 Å². The number of thiophene rings is 1. The predicted molar refractivity (Wildman–Crippen MR) is 80.2 cm³/mol. The number of halogens is 1. The lowest BCUT2D eigenvalue weighted by molar-refractivity contribution is -0.919. The van der Waals surface area contributed by atoms with Crippen LogP contribution in [0.25, 0.3) is 10.2 Å². The molecule has 3 heterocycles. The van der Waals surface area contributed by atoms with Crippen molar-refractivity contribution in [2.24, 2.45) is 0 Å². The molecule has 0 saturated carbocycles. The van der Waals surface area contributed by atoms with Crippen molar-refractivity contribution in [2.75, 3.05) is 13.1 Å². The Morgan fingerprint density at radius 1 is 1.16 bits per heavy atom. The Hall–Kier alpha value is -0.710. The van der Waals surface area contributed by atoms with Gasteiger partial charge >= 0.3 is 0 Å². The van der Waals surface area contributed by atoms with E-state index in [1.54, 1.807) is 16.2 Å². The zero-order valence-electron chi connectivity index (χ0n) is 11.4. The van der Waals surface area contributed by atoms with Gasteiger partial charge in [-0.25, -0.2) is 9.97 Å². The van der Waals surface area contributed by atoms with Crippen LogP contribution >= 0.6 is 22.9 Å². The molecule has 2 aromatic rings. The summed E-state index contributed by atoms with van der Waals surface area (Å²) in [6.07, 6.45) is 4.01. The highest BCUT2D eigenvalue weighted by molar-refractivity contribution is 7.18. The van der Waals surface area contributed by atoms with E-state index in [9.17, 15) is 0 Å². The molecule has 3 rings (SSSR count). The fraction of sp³-hybridized carbons (Fsp3) is 0.571. The van der Waals surface area contributed by atoms with Crippen LogP contribution in [0.5, 0.6) is 0 Å². The number of aryl methyl sites for hydroxylation is 2. The third kappa shape index (κ3) is 2.62. The minimum atomic E-state index is 0.623. The first-order valence-corrected chi connectivity index (χ1v) is 8.10. The van der Waals surface area contributed by atoms with Crippen molar-refractivity contribution < 1.29 is 4.90 Å². The highest BCUT2D eigenvalue weighted by Crippen LogP contribution is 2.32. The summed E-state index contributed by atoms with van der Waals surface area (Å²) in [5, 5.41) is 1.67. The normalized spacial score (nSPS) is 17.2. The van der Waals surface area contributed by atoms with E-state index in [4.69, 9.17) is 16.6 Å². The molecule has 0 radical (unpaired) electrons. The average molecular weight is 297 g/mol. The largest absolute Gasteiger partial charge is 0.329 e. The van der Waals surface area contributed by atoms with Crippen molar-refractivity contribution in [3.8, 4) is 0 Å². The summed E-state index contributed by atoms with van der Waals surface area (Å²) in [5.41, 5.74) is 1.22. The topological polar surface area (TPSA) is 30.2 Å². The monoisotopic (exact) mass is 296 g/mol. The second kappa shape index (κ2) is 5.35. The van der Waals surface area contributed by atoms with Gasteiger partial charge in [0.05, 0.1) is 18.5 Å². The molecule has 0 atom stereocenters. The van der Waals surface area contributed by atoms with Gasteiger partial charge in [-0.2, -0.15) is 0 Å². The van der Waals surface area contributed by atoms with Crippen LogP contribution < -0.4 is 4.90 Å². The maximum atomic E-state index is 6.34. The van der Waals surface area contributed by atoms with Gasteiger partial charge in [-0.05, 0) is 38.7 Å². The van der Waals surface area contributed by atoms with Crippen LogP contribution in [0, 0.1) is 13.8 Å². The van der Waals surface area contributed by atoms with E-state index in [-0.39, 0.29) is 0 Å². The molecule has 0 aliphatic carbocycles. The Morgan fingerprint density at radius 2 is 1.89 bits per heavy atom. The zero-order valence-corrected chi connectivity index (χ0v) is 13.0. The van der Waals surface area contributed by atoms with Crippen molar-refractivity contribution in [1.82, 2.24) is 9.97 Å². The molecule has 1 aliphatic rings. The van der Waals surface area contributed by atoms with E-state index in [1.165, 1.54) is 42.8 Å². The second-order valence-electron chi connectivity index (χ2n) is 5.38. The number of rotatable bonds is 2. The van der Waals surface area contributed by atoms with Gasteiger partial charge in [-0.15, -0.1) is 11.3 Å². The first-order chi connectivity index (χ1) is 9.15. The van der Waals surface area contributed by atoms with Gasteiger partial charge < -0.3 is 4.90 Å². The van der Waals surface area contributed by atoms with Gasteiger partial charge in [-0.1, -0.05) is 11.6 Å². The van der Waals surface area contributed by atoms with E-state index in [0.717, 1.165) is 22.6 Å². The zero-order chi connectivity index (χ0) is 13.4. The number of aromatic nitrogens is 2. The summed E-state index contributed by atoms with van der Waals surface area (Å²) in [4.78, 5) is 13.1. The SMILES string of the molecule is Cc1sc2nc(C[NH+]3CCCCC3)nc(Cl)c2c1C. The molecule has 0 bridgehead atoms. The van der Waals surface area contributed by atoms with E-state index < -0.39 is 0 Å². The summed E-state index contributed by atoms with van der Waals surface area (Å²) in [7, 11) is 0. The van der Waals surface area contributed by atoms with Gasteiger partial charge in [-0.3, -0.25) is 0 Å². The van der Waals surface area contributed by atoms with E-state index in [0.29, 0.717) is 5.15 Å². The van der Waals surface area contributed by atoms with Crippen LogP contribution in [0.2, 0.25) is 5.15 Å². The number of hydrogen-bond acceptors (Lipinski definition) is 3. The summed E-state index contributed by atoms with van der Waals surface area (Å²) in [6, 6.07) is 0. The molecule has 102 valence electrons. The Bertz CT molecular complexity index is 602. The third-order valence-corrected chi connectivity index (χ3v) is 5.37. The molecular formula is C14H19ClN3S+. The standard InChI is InChI=1S/C14H18ClN3S/c1-9-10(2)19-14-12(9)13(15)16-11(17-14)8-18-6-4-3-5-7-18/h3-8H2,1-2H3/p+1. The van der Waals surface area contributed by atoms with Crippen molar-refractivity contribution in [1.29, 1.82) is 0 Å². The minimum absolute atomic E-state index is 0.623. The van der Waals surface area contributed by atoms with E-state index in [2.05, 4.69) is 18.8 Å². The molecule has 0 aromatic carbocycles. The maximum Gasteiger partial charge on any atom is 0.186 e. The van der Waals surface area contributed by atoms with Crippen LogP contribution in [-0.2, 0) is 6.54 Å². The summed E-state index contributed by atoms with van der Waals surface area (Å²) in [6.45, 7) is 7.60. The van der Waals surface area contributed by atoms with Gasteiger partial charge in [0.1, 0.15) is 16.5 Å². The molecule has 1 saturated heterocycles. The molecule has 2 aromatic heterocycles. The molecule has 1 aliphatic heterocycles. The molecule has 0 spiro atoms. The summed E-state index contributed by atoms with van der Waals surface area (Å²) >= 11 is 8.07. The van der Waals surface area contributed by atoms with Gasteiger partial charge in [0.2, 0.25) is 0 Å². The summed E-state index contributed by atoms with van der Waals surface area (Å²) in [5.74, 6) is 0.899. The molecule has 19 heavy (non-hydrogen) atoms. The van der Waals surface area contributed by atoms with Crippen molar-refractivity contribution >= 4 is 33.2 Å². The Labute approximate surface area is 122 Å². The van der Waals surface area contributed by atoms with E-state index in [1.807, 2.05) is 0 Å². The van der Waals surface area contributed by atoms with Gasteiger partial charge in [0, 0.05) is 4.88 Å². The highest BCUT2D eigenvalue weighted by atomic mass is 35.5.